The van der Waals surface area contributed by atoms with Crippen molar-refractivity contribution >= 4 is 50.8 Å². The first-order chi connectivity index (χ1) is 15.9. The molecule has 3 N–H and O–H groups in total. The smallest absolute Gasteiger partial charge is 0.257 e. The highest BCUT2D eigenvalue weighted by atomic mass is 79.9. The Morgan fingerprint density at radius 3 is 2.36 bits per heavy atom. The molecule has 3 rings (SSSR count). The summed E-state index contributed by atoms with van der Waals surface area (Å²) in [6.45, 7) is 0.532. The first kappa shape index (κ1) is 24.4. The summed E-state index contributed by atoms with van der Waals surface area (Å²) in [5, 5.41) is 8.40. The number of halogens is 1. The topological polar surface area (TPSA) is 79.5 Å². The van der Waals surface area contributed by atoms with Crippen molar-refractivity contribution in [1.82, 2.24) is 10.6 Å². The van der Waals surface area contributed by atoms with E-state index in [1.807, 2.05) is 30.3 Å². The second kappa shape index (κ2) is 12.1. The Morgan fingerprint density at radius 1 is 0.970 bits per heavy atom. The van der Waals surface area contributed by atoms with Crippen LogP contribution in [0.2, 0.25) is 0 Å². The zero-order valence-electron chi connectivity index (χ0n) is 18.1. The summed E-state index contributed by atoms with van der Waals surface area (Å²) in [6, 6.07) is 22.5. The van der Waals surface area contributed by atoms with E-state index in [0.717, 1.165) is 12.0 Å². The Labute approximate surface area is 206 Å². The van der Waals surface area contributed by atoms with Gasteiger partial charge in [-0.1, -0.05) is 42.5 Å². The van der Waals surface area contributed by atoms with E-state index in [1.165, 1.54) is 5.56 Å². The molecular formula is C25H24BrN3O3S. The number of benzene rings is 3. The SMILES string of the molecule is CNC(=O)Cc1ccc(NC(=S)NC(=O)c2ccc(OCCc3ccccc3)c(Br)c2)cc1. The van der Waals surface area contributed by atoms with E-state index >= 15 is 0 Å². The van der Waals surface area contributed by atoms with Gasteiger partial charge in [0.2, 0.25) is 5.91 Å². The molecule has 0 aromatic heterocycles. The molecule has 33 heavy (non-hydrogen) atoms. The van der Waals surface area contributed by atoms with Crippen LogP contribution in [0.4, 0.5) is 5.69 Å². The van der Waals surface area contributed by atoms with Crippen LogP contribution < -0.4 is 20.7 Å². The number of amides is 2. The van der Waals surface area contributed by atoms with Gasteiger partial charge in [-0.25, -0.2) is 0 Å². The lowest BCUT2D eigenvalue weighted by atomic mass is 10.1. The molecule has 2 amide bonds. The van der Waals surface area contributed by atoms with Crippen molar-refractivity contribution in [2.45, 2.75) is 12.8 Å². The highest BCUT2D eigenvalue weighted by Gasteiger charge is 2.11. The summed E-state index contributed by atoms with van der Waals surface area (Å²) in [5.41, 5.74) is 3.24. The van der Waals surface area contributed by atoms with Gasteiger partial charge in [-0.3, -0.25) is 14.9 Å². The first-order valence-corrected chi connectivity index (χ1v) is 11.5. The minimum Gasteiger partial charge on any atom is -0.492 e. The van der Waals surface area contributed by atoms with Gasteiger partial charge in [0.05, 0.1) is 17.5 Å². The molecule has 8 heteroatoms. The highest BCUT2D eigenvalue weighted by molar-refractivity contribution is 9.10. The van der Waals surface area contributed by atoms with Crippen LogP contribution in [0.5, 0.6) is 5.75 Å². The fraction of sp³-hybridized carbons (Fsp3) is 0.160. The largest absolute Gasteiger partial charge is 0.492 e. The van der Waals surface area contributed by atoms with Gasteiger partial charge in [-0.2, -0.15) is 0 Å². The number of ether oxygens (including phenoxy) is 1. The lowest BCUT2D eigenvalue weighted by Gasteiger charge is -2.12. The summed E-state index contributed by atoms with van der Waals surface area (Å²) < 4.78 is 6.52. The first-order valence-electron chi connectivity index (χ1n) is 10.3. The molecule has 0 unspecified atom stereocenters. The number of carbonyl (C=O) groups is 2. The normalized spacial score (nSPS) is 10.2. The number of hydrogen-bond acceptors (Lipinski definition) is 4. The lowest BCUT2D eigenvalue weighted by Crippen LogP contribution is -2.34. The Balaban J connectivity index is 1.50. The van der Waals surface area contributed by atoms with Gasteiger partial charge >= 0.3 is 0 Å². The van der Waals surface area contributed by atoms with Crippen LogP contribution in [0.1, 0.15) is 21.5 Å². The van der Waals surface area contributed by atoms with Gasteiger partial charge < -0.3 is 15.4 Å². The van der Waals surface area contributed by atoms with Crippen molar-refractivity contribution in [3.63, 3.8) is 0 Å². The average molecular weight is 526 g/mol. The maximum absolute atomic E-state index is 12.6. The molecule has 6 nitrogen and oxygen atoms in total. The van der Waals surface area contributed by atoms with Gasteiger partial charge in [-0.05, 0) is 69.6 Å². The number of rotatable bonds is 8. The molecule has 0 bridgehead atoms. The van der Waals surface area contributed by atoms with E-state index in [9.17, 15) is 9.59 Å². The highest BCUT2D eigenvalue weighted by Crippen LogP contribution is 2.26. The lowest BCUT2D eigenvalue weighted by molar-refractivity contribution is -0.119. The minimum absolute atomic E-state index is 0.0581. The molecule has 3 aromatic rings. The summed E-state index contributed by atoms with van der Waals surface area (Å²) in [6.07, 6.45) is 1.10. The summed E-state index contributed by atoms with van der Waals surface area (Å²) in [7, 11) is 1.60. The zero-order valence-corrected chi connectivity index (χ0v) is 20.5. The van der Waals surface area contributed by atoms with E-state index in [0.29, 0.717) is 34.5 Å². The van der Waals surface area contributed by atoms with Gasteiger partial charge in [-0.15, -0.1) is 0 Å². The fourth-order valence-corrected chi connectivity index (χ4v) is 3.70. The van der Waals surface area contributed by atoms with Crippen LogP contribution >= 0.6 is 28.1 Å². The van der Waals surface area contributed by atoms with Crippen LogP contribution in [-0.2, 0) is 17.6 Å². The Kier molecular flexibility index (Phi) is 8.97. The van der Waals surface area contributed by atoms with Crippen LogP contribution in [0.25, 0.3) is 0 Å². The monoisotopic (exact) mass is 525 g/mol. The molecule has 0 aliphatic carbocycles. The molecule has 0 atom stereocenters. The van der Waals surface area contributed by atoms with Crippen molar-refractivity contribution in [2.24, 2.45) is 0 Å². The van der Waals surface area contributed by atoms with Gasteiger partial charge in [0.1, 0.15) is 5.75 Å². The molecule has 0 aliphatic heterocycles. The van der Waals surface area contributed by atoms with E-state index in [-0.39, 0.29) is 16.9 Å². The van der Waals surface area contributed by atoms with Crippen LogP contribution in [-0.4, -0.2) is 30.6 Å². The molecule has 0 fully saturated rings. The predicted molar refractivity (Wildman–Crippen MR) is 138 cm³/mol. The average Bonchev–Trinajstić information content (AvgIpc) is 2.81. The van der Waals surface area contributed by atoms with E-state index in [2.05, 4.69) is 44.0 Å². The third-order valence-corrected chi connectivity index (χ3v) is 5.59. The molecule has 0 spiro atoms. The Hall–Kier alpha value is -3.23. The Morgan fingerprint density at radius 2 is 1.70 bits per heavy atom. The molecule has 0 saturated heterocycles. The van der Waals surface area contributed by atoms with Crippen LogP contribution in [0.15, 0.2) is 77.3 Å². The number of thiocarbonyl (C=S) groups is 1. The maximum Gasteiger partial charge on any atom is 0.257 e. The number of nitrogens with one attached hydrogen (secondary N) is 3. The third-order valence-electron chi connectivity index (χ3n) is 4.77. The number of hydrogen-bond donors (Lipinski definition) is 3. The molecule has 0 saturated carbocycles. The molecule has 0 radical (unpaired) electrons. The number of carbonyl (C=O) groups excluding carboxylic acids is 2. The number of likely N-dealkylation sites (N-methyl/N-ethyl adjacent to an activating group) is 1. The van der Waals surface area contributed by atoms with Crippen molar-refractivity contribution in [1.29, 1.82) is 0 Å². The molecule has 170 valence electrons. The Bertz CT molecular complexity index is 1120. The molecular weight excluding hydrogens is 502 g/mol. The summed E-state index contributed by atoms with van der Waals surface area (Å²) in [4.78, 5) is 24.0. The second-order valence-corrected chi connectivity index (χ2v) is 8.45. The van der Waals surface area contributed by atoms with Gasteiger partial charge in [0, 0.05) is 24.7 Å². The van der Waals surface area contributed by atoms with Gasteiger partial charge in [0.25, 0.3) is 5.91 Å². The van der Waals surface area contributed by atoms with Crippen molar-refractivity contribution < 1.29 is 14.3 Å². The standard InChI is InChI=1S/C25H24BrN3O3S/c1-27-23(30)15-18-7-10-20(11-8-18)28-25(33)29-24(31)19-9-12-22(21(26)16-19)32-14-13-17-5-3-2-4-6-17/h2-12,16H,13-15H2,1H3,(H,27,30)(H2,28,29,31,33). The van der Waals surface area contributed by atoms with Crippen molar-refractivity contribution in [3.8, 4) is 5.75 Å². The van der Waals surface area contributed by atoms with Crippen molar-refractivity contribution in [2.75, 3.05) is 19.0 Å². The molecule has 3 aromatic carbocycles. The van der Waals surface area contributed by atoms with Crippen molar-refractivity contribution in [3.05, 3.63) is 94.0 Å². The summed E-state index contributed by atoms with van der Waals surface area (Å²) >= 11 is 8.72. The second-order valence-electron chi connectivity index (χ2n) is 7.18. The quantitative estimate of drug-likeness (QED) is 0.377. The van der Waals surface area contributed by atoms with E-state index < -0.39 is 0 Å². The van der Waals surface area contributed by atoms with E-state index in [1.54, 1.807) is 37.4 Å². The fourth-order valence-electron chi connectivity index (χ4n) is 3.00. The summed E-state index contributed by atoms with van der Waals surface area (Å²) in [5.74, 6) is 0.276. The van der Waals surface area contributed by atoms with E-state index in [4.69, 9.17) is 17.0 Å². The number of anilines is 1. The molecule has 0 aliphatic rings. The third kappa shape index (κ3) is 7.69. The molecule has 0 heterocycles. The van der Waals surface area contributed by atoms with Crippen LogP contribution in [0, 0.1) is 0 Å². The minimum atomic E-state index is -0.333. The van der Waals surface area contributed by atoms with Crippen LogP contribution in [0.3, 0.4) is 0 Å². The zero-order chi connectivity index (χ0) is 23.6. The maximum atomic E-state index is 12.6. The predicted octanol–water partition coefficient (Wildman–Crippen LogP) is 4.49. The van der Waals surface area contributed by atoms with Gasteiger partial charge in [0.15, 0.2) is 5.11 Å².